The highest BCUT2D eigenvalue weighted by Crippen LogP contribution is 2.47. The lowest BCUT2D eigenvalue weighted by atomic mass is 9.81. The molecule has 0 fully saturated rings. The van der Waals surface area contributed by atoms with Gasteiger partial charge in [-0.25, -0.2) is 0 Å². The van der Waals surface area contributed by atoms with Crippen molar-refractivity contribution in [3.63, 3.8) is 0 Å². The Morgan fingerprint density at radius 1 is 1.18 bits per heavy atom. The normalized spacial score (nSPS) is 16.6. The first-order valence-corrected chi connectivity index (χ1v) is 5.88. The summed E-state index contributed by atoms with van der Waals surface area (Å²) in [5, 5.41) is 3.18. The van der Waals surface area contributed by atoms with Crippen LogP contribution < -0.4 is 5.32 Å². The van der Waals surface area contributed by atoms with Crippen LogP contribution in [0, 0.1) is 0 Å². The van der Waals surface area contributed by atoms with E-state index in [1.165, 1.54) is 22.3 Å². The van der Waals surface area contributed by atoms with Crippen molar-refractivity contribution in [2.24, 2.45) is 0 Å². The fourth-order valence-corrected chi connectivity index (χ4v) is 2.68. The van der Waals surface area contributed by atoms with Gasteiger partial charge in [-0.05, 0) is 34.4 Å². The standard InChI is InChI=1S/C16H19N/c1-6-12-13-10-11(17-5)8-9-15(13)16(3,4)14(12)7-2/h6-10,17H,1-2H2,3-5H3. The summed E-state index contributed by atoms with van der Waals surface area (Å²) < 4.78 is 0. The molecule has 0 saturated heterocycles. The lowest BCUT2D eigenvalue weighted by Gasteiger charge is -2.22. The summed E-state index contributed by atoms with van der Waals surface area (Å²) in [7, 11) is 1.94. The van der Waals surface area contributed by atoms with Crippen molar-refractivity contribution in [2.45, 2.75) is 19.3 Å². The number of hydrogen-bond acceptors (Lipinski definition) is 1. The summed E-state index contributed by atoms with van der Waals surface area (Å²) in [6.07, 6.45) is 3.89. The molecule has 0 aliphatic heterocycles. The van der Waals surface area contributed by atoms with E-state index in [0.29, 0.717) is 0 Å². The first-order chi connectivity index (χ1) is 8.06. The number of nitrogens with one attached hydrogen (secondary N) is 1. The van der Waals surface area contributed by atoms with Crippen LogP contribution in [0.3, 0.4) is 0 Å². The van der Waals surface area contributed by atoms with Crippen molar-refractivity contribution in [3.05, 3.63) is 60.2 Å². The zero-order valence-corrected chi connectivity index (χ0v) is 10.8. The zero-order chi connectivity index (χ0) is 12.6. The van der Waals surface area contributed by atoms with Gasteiger partial charge < -0.3 is 5.32 Å². The Kier molecular flexibility index (Phi) is 2.70. The van der Waals surface area contributed by atoms with Crippen LogP contribution in [0.5, 0.6) is 0 Å². The number of allylic oxidation sites excluding steroid dienone is 4. The van der Waals surface area contributed by atoms with Crippen LogP contribution in [0.2, 0.25) is 0 Å². The monoisotopic (exact) mass is 225 g/mol. The Morgan fingerprint density at radius 2 is 1.88 bits per heavy atom. The van der Waals surface area contributed by atoms with Gasteiger partial charge in [0.15, 0.2) is 0 Å². The highest BCUT2D eigenvalue weighted by molar-refractivity contribution is 5.88. The second-order valence-corrected chi connectivity index (χ2v) is 4.87. The predicted octanol–water partition coefficient (Wildman–Crippen LogP) is 4.15. The average molecular weight is 225 g/mol. The summed E-state index contributed by atoms with van der Waals surface area (Å²) in [5.41, 5.74) is 6.23. The van der Waals surface area contributed by atoms with E-state index in [2.05, 4.69) is 50.5 Å². The molecule has 0 unspecified atom stereocenters. The van der Waals surface area contributed by atoms with E-state index in [-0.39, 0.29) is 5.41 Å². The molecule has 88 valence electrons. The second kappa shape index (κ2) is 3.92. The fourth-order valence-electron chi connectivity index (χ4n) is 2.68. The van der Waals surface area contributed by atoms with E-state index in [0.717, 1.165) is 5.69 Å². The molecule has 17 heavy (non-hydrogen) atoms. The highest BCUT2D eigenvalue weighted by Gasteiger charge is 2.35. The molecule has 1 nitrogen and oxygen atoms in total. The molecule has 0 amide bonds. The van der Waals surface area contributed by atoms with Gasteiger partial charge in [-0.1, -0.05) is 45.2 Å². The van der Waals surface area contributed by atoms with E-state index < -0.39 is 0 Å². The molecule has 0 saturated carbocycles. The summed E-state index contributed by atoms with van der Waals surface area (Å²) in [4.78, 5) is 0. The Bertz CT molecular complexity index is 518. The minimum absolute atomic E-state index is 0.0207. The maximum absolute atomic E-state index is 3.94. The van der Waals surface area contributed by atoms with Crippen LogP contribution in [-0.4, -0.2) is 7.05 Å². The quantitative estimate of drug-likeness (QED) is 0.815. The largest absolute Gasteiger partial charge is 0.388 e. The molecule has 0 aromatic heterocycles. The third-order valence-corrected chi connectivity index (χ3v) is 3.64. The first-order valence-electron chi connectivity index (χ1n) is 5.88. The molecule has 0 bridgehead atoms. The molecule has 1 aromatic rings. The van der Waals surface area contributed by atoms with E-state index in [9.17, 15) is 0 Å². The molecule has 1 aliphatic carbocycles. The number of hydrogen-bond donors (Lipinski definition) is 1. The molecule has 0 heterocycles. The maximum Gasteiger partial charge on any atom is 0.0343 e. The van der Waals surface area contributed by atoms with Crippen LogP contribution in [0.15, 0.2) is 49.1 Å². The van der Waals surface area contributed by atoms with Gasteiger partial charge in [-0.2, -0.15) is 0 Å². The third kappa shape index (κ3) is 1.54. The minimum atomic E-state index is 0.0207. The number of anilines is 1. The van der Waals surface area contributed by atoms with Gasteiger partial charge >= 0.3 is 0 Å². The number of rotatable bonds is 3. The van der Waals surface area contributed by atoms with E-state index in [1.54, 1.807) is 0 Å². The molecule has 1 aliphatic rings. The van der Waals surface area contributed by atoms with Gasteiger partial charge in [0.2, 0.25) is 0 Å². The summed E-state index contributed by atoms with van der Waals surface area (Å²) in [6.45, 7) is 12.3. The van der Waals surface area contributed by atoms with Gasteiger partial charge in [-0.15, -0.1) is 0 Å². The Labute approximate surface area is 104 Å². The van der Waals surface area contributed by atoms with Gasteiger partial charge in [-0.3, -0.25) is 0 Å². The van der Waals surface area contributed by atoms with Gasteiger partial charge in [0.05, 0.1) is 0 Å². The third-order valence-electron chi connectivity index (χ3n) is 3.64. The van der Waals surface area contributed by atoms with Crippen molar-refractivity contribution >= 4 is 11.3 Å². The van der Waals surface area contributed by atoms with Crippen molar-refractivity contribution in [1.29, 1.82) is 0 Å². The van der Waals surface area contributed by atoms with Gasteiger partial charge in [0, 0.05) is 18.2 Å². The van der Waals surface area contributed by atoms with Crippen LogP contribution in [0.1, 0.15) is 25.0 Å². The first kappa shape index (κ1) is 11.7. The zero-order valence-electron chi connectivity index (χ0n) is 10.8. The molecule has 2 rings (SSSR count). The van der Waals surface area contributed by atoms with Crippen LogP contribution in [-0.2, 0) is 5.41 Å². The number of benzene rings is 1. The van der Waals surface area contributed by atoms with E-state index in [4.69, 9.17) is 0 Å². The summed E-state index contributed by atoms with van der Waals surface area (Å²) in [6, 6.07) is 6.50. The summed E-state index contributed by atoms with van der Waals surface area (Å²) >= 11 is 0. The van der Waals surface area contributed by atoms with Crippen molar-refractivity contribution in [1.82, 2.24) is 0 Å². The fraction of sp³-hybridized carbons (Fsp3) is 0.250. The minimum Gasteiger partial charge on any atom is -0.388 e. The SMILES string of the molecule is C=CC1=C(C=C)C(C)(C)c2ccc(NC)cc21. The molecule has 0 spiro atoms. The Hall–Kier alpha value is -1.76. The van der Waals surface area contributed by atoms with Gasteiger partial charge in [0.1, 0.15) is 0 Å². The molecule has 1 N–H and O–H groups in total. The molecule has 0 radical (unpaired) electrons. The molecule has 1 heteroatoms. The van der Waals surface area contributed by atoms with Crippen molar-refractivity contribution in [3.8, 4) is 0 Å². The molecular weight excluding hydrogens is 206 g/mol. The molecule has 1 aromatic carbocycles. The average Bonchev–Trinajstić information content (AvgIpc) is 2.55. The number of fused-ring (bicyclic) bond motifs is 1. The maximum atomic E-state index is 3.94. The van der Waals surface area contributed by atoms with Crippen molar-refractivity contribution in [2.75, 3.05) is 12.4 Å². The smallest absolute Gasteiger partial charge is 0.0343 e. The van der Waals surface area contributed by atoms with Gasteiger partial charge in [0.25, 0.3) is 0 Å². The molecule has 0 atom stereocenters. The predicted molar refractivity (Wildman–Crippen MR) is 76.3 cm³/mol. The lowest BCUT2D eigenvalue weighted by molar-refractivity contribution is 0.654. The van der Waals surface area contributed by atoms with E-state index in [1.807, 2.05) is 19.2 Å². The Morgan fingerprint density at radius 3 is 2.41 bits per heavy atom. The van der Waals surface area contributed by atoms with Crippen molar-refractivity contribution < 1.29 is 0 Å². The Balaban J connectivity index is 2.74. The van der Waals surface area contributed by atoms with Crippen LogP contribution in [0.25, 0.3) is 5.57 Å². The highest BCUT2D eigenvalue weighted by atomic mass is 14.8. The lowest BCUT2D eigenvalue weighted by Crippen LogP contribution is -2.15. The van der Waals surface area contributed by atoms with E-state index >= 15 is 0 Å². The van der Waals surface area contributed by atoms with Crippen LogP contribution in [0.4, 0.5) is 5.69 Å². The summed E-state index contributed by atoms with van der Waals surface area (Å²) in [5.74, 6) is 0. The topological polar surface area (TPSA) is 12.0 Å². The van der Waals surface area contributed by atoms with Crippen LogP contribution >= 0.6 is 0 Å². The molecular formula is C16H19N. The second-order valence-electron chi connectivity index (χ2n) is 4.87.